The van der Waals surface area contributed by atoms with E-state index in [1.807, 2.05) is 13.8 Å². The van der Waals surface area contributed by atoms with Gasteiger partial charge in [-0.15, -0.1) is 0 Å². The minimum Gasteiger partial charge on any atom is -0.367 e. The molecule has 1 aromatic heterocycles. The van der Waals surface area contributed by atoms with Crippen LogP contribution in [0.3, 0.4) is 0 Å². The lowest BCUT2D eigenvalue weighted by Crippen LogP contribution is -2.37. The number of aromatic nitrogens is 2. The van der Waals surface area contributed by atoms with Crippen molar-refractivity contribution in [2.75, 3.05) is 25.5 Å². The summed E-state index contributed by atoms with van der Waals surface area (Å²) in [4.78, 5) is 11.2. The zero-order valence-corrected chi connectivity index (χ0v) is 12.1. The summed E-state index contributed by atoms with van der Waals surface area (Å²) in [5.41, 5.74) is 0.952. The van der Waals surface area contributed by atoms with Crippen molar-refractivity contribution in [3.63, 3.8) is 0 Å². The van der Waals surface area contributed by atoms with E-state index in [0.29, 0.717) is 11.2 Å². The number of likely N-dealkylation sites (tertiary alicyclic amines) is 1. The SMILES string of the molecule is CCc1nc(Cl)c(C)c(NC2CCN(C)CC2)n1. The molecule has 2 heterocycles. The maximum absolute atomic E-state index is 6.14. The van der Waals surface area contributed by atoms with Crippen LogP contribution in [0.1, 0.15) is 31.2 Å². The Hall–Kier alpha value is -0.870. The van der Waals surface area contributed by atoms with Crippen molar-refractivity contribution in [3.8, 4) is 0 Å². The normalized spacial score (nSPS) is 18.0. The van der Waals surface area contributed by atoms with Crippen molar-refractivity contribution in [2.24, 2.45) is 0 Å². The maximum Gasteiger partial charge on any atom is 0.137 e. The third-order valence-electron chi connectivity index (χ3n) is 3.51. The molecule has 0 bridgehead atoms. The number of rotatable bonds is 3. The maximum atomic E-state index is 6.14. The van der Waals surface area contributed by atoms with E-state index in [4.69, 9.17) is 11.6 Å². The number of anilines is 1. The van der Waals surface area contributed by atoms with Crippen LogP contribution < -0.4 is 5.32 Å². The third-order valence-corrected chi connectivity index (χ3v) is 3.88. The first-order valence-electron chi connectivity index (χ1n) is 6.58. The minimum atomic E-state index is 0.496. The lowest BCUT2D eigenvalue weighted by molar-refractivity contribution is 0.263. The van der Waals surface area contributed by atoms with Crippen molar-refractivity contribution in [3.05, 3.63) is 16.5 Å². The number of aryl methyl sites for hydroxylation is 1. The van der Waals surface area contributed by atoms with Crippen molar-refractivity contribution in [2.45, 2.75) is 39.2 Å². The van der Waals surface area contributed by atoms with Gasteiger partial charge in [-0.1, -0.05) is 18.5 Å². The number of nitrogens with one attached hydrogen (secondary N) is 1. The van der Waals surface area contributed by atoms with Crippen molar-refractivity contribution >= 4 is 17.4 Å². The van der Waals surface area contributed by atoms with Crippen LogP contribution in [0.2, 0.25) is 5.15 Å². The van der Waals surface area contributed by atoms with Gasteiger partial charge in [0, 0.05) is 18.0 Å². The second-order valence-corrected chi connectivity index (χ2v) is 5.34. The van der Waals surface area contributed by atoms with Gasteiger partial charge >= 0.3 is 0 Å². The summed E-state index contributed by atoms with van der Waals surface area (Å²) in [6, 6.07) is 0.496. The molecule has 0 spiro atoms. The number of hydrogen-bond acceptors (Lipinski definition) is 4. The Balaban J connectivity index is 2.10. The average Bonchev–Trinajstić information content (AvgIpc) is 2.37. The largest absolute Gasteiger partial charge is 0.367 e. The van der Waals surface area contributed by atoms with Gasteiger partial charge in [0.25, 0.3) is 0 Å². The number of nitrogens with zero attached hydrogens (tertiary/aromatic N) is 3. The smallest absolute Gasteiger partial charge is 0.137 e. The summed E-state index contributed by atoms with van der Waals surface area (Å²) in [5, 5.41) is 4.09. The highest BCUT2D eigenvalue weighted by molar-refractivity contribution is 6.30. The molecule has 0 atom stereocenters. The molecular formula is C13H21ClN4. The molecule has 1 aliphatic heterocycles. The average molecular weight is 269 g/mol. The minimum absolute atomic E-state index is 0.496. The van der Waals surface area contributed by atoms with Gasteiger partial charge in [0.05, 0.1) is 0 Å². The first-order chi connectivity index (χ1) is 8.60. The number of halogens is 1. The quantitative estimate of drug-likeness (QED) is 0.856. The molecule has 0 aromatic carbocycles. The first kappa shape index (κ1) is 13.6. The van der Waals surface area contributed by atoms with Crippen LogP contribution in [-0.4, -0.2) is 41.0 Å². The lowest BCUT2D eigenvalue weighted by atomic mass is 10.1. The van der Waals surface area contributed by atoms with E-state index in [1.165, 1.54) is 0 Å². The monoisotopic (exact) mass is 268 g/mol. The Morgan fingerprint density at radius 1 is 1.33 bits per heavy atom. The highest BCUT2D eigenvalue weighted by Crippen LogP contribution is 2.22. The van der Waals surface area contributed by atoms with E-state index >= 15 is 0 Å². The molecule has 1 saturated heterocycles. The predicted octanol–water partition coefficient (Wildman–Crippen LogP) is 2.51. The van der Waals surface area contributed by atoms with E-state index in [2.05, 4.69) is 27.2 Å². The summed E-state index contributed by atoms with van der Waals surface area (Å²) >= 11 is 6.14. The topological polar surface area (TPSA) is 41.1 Å². The molecule has 1 aromatic rings. The van der Waals surface area contributed by atoms with E-state index in [9.17, 15) is 0 Å². The van der Waals surface area contributed by atoms with Gasteiger partial charge in [0.2, 0.25) is 0 Å². The molecule has 0 amide bonds. The molecular weight excluding hydrogens is 248 g/mol. The fourth-order valence-electron chi connectivity index (χ4n) is 2.18. The molecule has 100 valence electrons. The zero-order chi connectivity index (χ0) is 13.1. The Morgan fingerprint density at radius 2 is 2.00 bits per heavy atom. The van der Waals surface area contributed by atoms with Gasteiger partial charge in [-0.25, -0.2) is 9.97 Å². The molecule has 4 nitrogen and oxygen atoms in total. The third kappa shape index (κ3) is 3.12. The summed E-state index contributed by atoms with van der Waals surface area (Å²) < 4.78 is 0. The summed E-state index contributed by atoms with van der Waals surface area (Å²) in [7, 11) is 2.16. The standard InChI is InChI=1S/C13H21ClN4/c1-4-11-16-12(14)9(2)13(17-11)15-10-5-7-18(3)8-6-10/h10H,4-8H2,1-3H3,(H,15,16,17). The van der Waals surface area contributed by atoms with Crippen LogP contribution in [0.25, 0.3) is 0 Å². The Labute approximate surface area is 114 Å². The summed E-state index contributed by atoms with van der Waals surface area (Å²) in [5.74, 6) is 1.71. The van der Waals surface area contributed by atoms with Crippen molar-refractivity contribution < 1.29 is 0 Å². The van der Waals surface area contributed by atoms with E-state index in [-0.39, 0.29) is 0 Å². The van der Waals surface area contributed by atoms with Gasteiger partial charge < -0.3 is 10.2 Å². The Kier molecular flexibility index (Phi) is 4.40. The van der Waals surface area contributed by atoms with Crippen LogP contribution in [0.15, 0.2) is 0 Å². The fraction of sp³-hybridized carbons (Fsp3) is 0.692. The van der Waals surface area contributed by atoms with Crippen molar-refractivity contribution in [1.82, 2.24) is 14.9 Å². The molecule has 18 heavy (non-hydrogen) atoms. The van der Waals surface area contributed by atoms with Crippen LogP contribution in [0.5, 0.6) is 0 Å². The van der Waals surface area contributed by atoms with E-state index in [0.717, 1.165) is 49.6 Å². The van der Waals surface area contributed by atoms with Crippen LogP contribution in [-0.2, 0) is 6.42 Å². The van der Waals surface area contributed by atoms with Gasteiger partial charge in [-0.3, -0.25) is 0 Å². The molecule has 1 fully saturated rings. The van der Waals surface area contributed by atoms with Gasteiger partial charge in [-0.05, 0) is 39.9 Å². The predicted molar refractivity (Wildman–Crippen MR) is 75.3 cm³/mol. The van der Waals surface area contributed by atoms with Gasteiger partial charge in [0.1, 0.15) is 16.8 Å². The fourth-order valence-corrected chi connectivity index (χ4v) is 2.36. The molecule has 5 heteroatoms. The first-order valence-corrected chi connectivity index (χ1v) is 6.96. The molecule has 0 saturated carbocycles. The molecule has 0 radical (unpaired) electrons. The second-order valence-electron chi connectivity index (χ2n) is 4.98. The number of hydrogen-bond donors (Lipinski definition) is 1. The Morgan fingerprint density at radius 3 is 2.61 bits per heavy atom. The highest BCUT2D eigenvalue weighted by atomic mass is 35.5. The van der Waals surface area contributed by atoms with Crippen molar-refractivity contribution in [1.29, 1.82) is 0 Å². The summed E-state index contributed by atoms with van der Waals surface area (Å²) in [6.45, 7) is 6.28. The van der Waals surface area contributed by atoms with E-state index in [1.54, 1.807) is 0 Å². The van der Waals surface area contributed by atoms with Gasteiger partial charge in [0.15, 0.2) is 0 Å². The Bertz CT molecular complexity index is 414. The van der Waals surface area contributed by atoms with Crippen LogP contribution in [0.4, 0.5) is 5.82 Å². The zero-order valence-electron chi connectivity index (χ0n) is 11.3. The highest BCUT2D eigenvalue weighted by Gasteiger charge is 2.18. The summed E-state index contributed by atoms with van der Waals surface area (Å²) in [6.07, 6.45) is 3.11. The van der Waals surface area contributed by atoms with Crippen LogP contribution in [0, 0.1) is 6.92 Å². The lowest BCUT2D eigenvalue weighted by Gasteiger charge is -2.30. The van der Waals surface area contributed by atoms with Crippen LogP contribution >= 0.6 is 11.6 Å². The molecule has 0 aliphatic carbocycles. The van der Waals surface area contributed by atoms with E-state index < -0.39 is 0 Å². The molecule has 1 N–H and O–H groups in total. The molecule has 2 rings (SSSR count). The number of piperidine rings is 1. The van der Waals surface area contributed by atoms with Gasteiger partial charge in [-0.2, -0.15) is 0 Å². The molecule has 1 aliphatic rings. The molecule has 0 unspecified atom stereocenters. The second kappa shape index (κ2) is 5.85.